The van der Waals surface area contributed by atoms with E-state index >= 15 is 0 Å². The molecule has 20 heavy (non-hydrogen) atoms. The Morgan fingerprint density at radius 2 is 2.20 bits per heavy atom. The summed E-state index contributed by atoms with van der Waals surface area (Å²) >= 11 is 0. The van der Waals surface area contributed by atoms with E-state index in [1.165, 1.54) is 0 Å². The minimum absolute atomic E-state index is 0. The van der Waals surface area contributed by atoms with Crippen LogP contribution in [0.2, 0.25) is 0 Å². The van der Waals surface area contributed by atoms with Gasteiger partial charge in [-0.05, 0) is 31.5 Å². The van der Waals surface area contributed by atoms with Crippen molar-refractivity contribution in [2.24, 2.45) is 5.92 Å². The Morgan fingerprint density at radius 3 is 2.80 bits per heavy atom. The number of nitrogens with zero attached hydrogens (tertiary/aromatic N) is 1. The van der Waals surface area contributed by atoms with Gasteiger partial charge < -0.3 is 16.0 Å². The lowest BCUT2D eigenvalue weighted by molar-refractivity contribution is -0.128. The molecule has 110 valence electrons. The predicted octanol–water partition coefficient (Wildman–Crippen LogP) is 1.81. The first-order valence-electron chi connectivity index (χ1n) is 6.46. The van der Waals surface area contributed by atoms with Crippen molar-refractivity contribution in [3.05, 3.63) is 23.8 Å². The van der Waals surface area contributed by atoms with Gasteiger partial charge in [-0.3, -0.25) is 9.59 Å². The van der Waals surface area contributed by atoms with E-state index in [2.05, 4.69) is 5.32 Å². The Balaban J connectivity index is 0.00000200. The number of amides is 2. The minimum atomic E-state index is -0.270. The molecule has 0 saturated carbocycles. The molecule has 0 aliphatic carbocycles. The molecule has 1 unspecified atom stereocenters. The average molecular weight is 298 g/mol. The summed E-state index contributed by atoms with van der Waals surface area (Å²) in [7, 11) is 0. The Morgan fingerprint density at radius 1 is 1.50 bits per heavy atom. The molecule has 1 aliphatic rings. The van der Waals surface area contributed by atoms with Gasteiger partial charge in [0, 0.05) is 30.9 Å². The second-order valence-electron chi connectivity index (χ2n) is 4.90. The number of halogens is 1. The van der Waals surface area contributed by atoms with E-state index in [1.54, 1.807) is 17.0 Å². The van der Waals surface area contributed by atoms with E-state index in [-0.39, 0.29) is 30.1 Å². The highest BCUT2D eigenvalue weighted by Crippen LogP contribution is 2.22. The lowest BCUT2D eigenvalue weighted by Gasteiger charge is -2.14. The zero-order valence-electron chi connectivity index (χ0n) is 11.7. The van der Waals surface area contributed by atoms with E-state index in [0.717, 1.165) is 5.56 Å². The summed E-state index contributed by atoms with van der Waals surface area (Å²) in [4.78, 5) is 25.5. The summed E-state index contributed by atoms with van der Waals surface area (Å²) in [6.45, 7) is 4.98. The molecule has 6 heteroatoms. The fourth-order valence-corrected chi connectivity index (χ4v) is 2.26. The Kier molecular flexibility index (Phi) is 5.39. The first-order chi connectivity index (χ1) is 9.01. The molecule has 1 fully saturated rings. The van der Waals surface area contributed by atoms with Crippen LogP contribution >= 0.6 is 12.4 Å². The number of hydrogen-bond acceptors (Lipinski definition) is 3. The molecule has 2 rings (SSSR count). The van der Waals surface area contributed by atoms with Crippen LogP contribution in [0.15, 0.2) is 18.2 Å². The summed E-state index contributed by atoms with van der Waals surface area (Å²) in [5.74, 6) is -0.335. The Bertz CT molecular complexity index is 519. The average Bonchev–Trinajstić information content (AvgIpc) is 2.75. The molecule has 0 bridgehead atoms. The van der Waals surface area contributed by atoms with Gasteiger partial charge in [-0.2, -0.15) is 0 Å². The van der Waals surface area contributed by atoms with Crippen LogP contribution in [0.4, 0.5) is 11.4 Å². The number of rotatable bonds is 3. The molecular weight excluding hydrogens is 278 g/mol. The highest BCUT2D eigenvalue weighted by molar-refractivity contribution is 5.97. The monoisotopic (exact) mass is 297 g/mol. The molecule has 5 nitrogen and oxygen atoms in total. The molecule has 1 aromatic carbocycles. The second kappa shape index (κ2) is 6.61. The number of anilines is 2. The lowest BCUT2D eigenvalue weighted by Crippen LogP contribution is -2.28. The van der Waals surface area contributed by atoms with Gasteiger partial charge in [-0.15, -0.1) is 12.4 Å². The lowest BCUT2D eigenvalue weighted by atomic mass is 10.1. The summed E-state index contributed by atoms with van der Waals surface area (Å²) in [5.41, 5.74) is 7.99. The Labute approximate surface area is 124 Å². The van der Waals surface area contributed by atoms with Gasteiger partial charge >= 0.3 is 0 Å². The van der Waals surface area contributed by atoms with Gasteiger partial charge in [0.1, 0.15) is 0 Å². The highest BCUT2D eigenvalue weighted by atomic mass is 35.5. The molecule has 1 saturated heterocycles. The van der Waals surface area contributed by atoms with E-state index in [1.807, 2.05) is 19.9 Å². The SMILES string of the molecule is CCN1CC(C(=O)Nc2cc(N)ccc2C)CC1=O.Cl. The zero-order chi connectivity index (χ0) is 14.0. The maximum absolute atomic E-state index is 12.2. The summed E-state index contributed by atoms with van der Waals surface area (Å²) < 4.78 is 0. The molecule has 1 atom stereocenters. The van der Waals surface area contributed by atoms with Crippen molar-refractivity contribution in [3.8, 4) is 0 Å². The van der Waals surface area contributed by atoms with Gasteiger partial charge in [0.15, 0.2) is 0 Å². The fraction of sp³-hybridized carbons (Fsp3) is 0.429. The van der Waals surface area contributed by atoms with Gasteiger partial charge in [-0.25, -0.2) is 0 Å². The first-order valence-corrected chi connectivity index (χ1v) is 6.46. The van der Waals surface area contributed by atoms with Crippen LogP contribution in [-0.4, -0.2) is 29.8 Å². The first kappa shape index (κ1) is 16.3. The Hall–Kier alpha value is -1.75. The predicted molar refractivity (Wildman–Crippen MR) is 81.8 cm³/mol. The number of nitrogens with two attached hydrogens (primary N) is 1. The molecule has 2 amide bonds. The van der Waals surface area contributed by atoms with Crippen LogP contribution in [-0.2, 0) is 9.59 Å². The third-order valence-electron chi connectivity index (χ3n) is 3.49. The maximum atomic E-state index is 12.2. The van der Waals surface area contributed by atoms with Crippen molar-refractivity contribution in [2.45, 2.75) is 20.3 Å². The fourth-order valence-electron chi connectivity index (χ4n) is 2.26. The summed E-state index contributed by atoms with van der Waals surface area (Å²) in [6, 6.07) is 5.40. The standard InChI is InChI=1S/C14H19N3O2.ClH/c1-3-17-8-10(6-13(17)18)14(19)16-12-7-11(15)5-4-9(12)2;/h4-5,7,10H,3,6,8,15H2,1-2H3,(H,16,19);1H. The van der Waals surface area contributed by atoms with Crippen LogP contribution in [0.25, 0.3) is 0 Å². The number of benzene rings is 1. The molecule has 1 heterocycles. The van der Waals surface area contributed by atoms with Crippen molar-refractivity contribution >= 4 is 35.6 Å². The molecule has 1 aromatic rings. The number of carbonyl (C=O) groups excluding carboxylic acids is 2. The van der Waals surface area contributed by atoms with Crippen molar-refractivity contribution in [3.63, 3.8) is 0 Å². The molecule has 0 spiro atoms. The van der Waals surface area contributed by atoms with Crippen LogP contribution in [0.3, 0.4) is 0 Å². The van der Waals surface area contributed by atoms with Gasteiger partial charge in [0.05, 0.1) is 5.92 Å². The normalized spacial score (nSPS) is 17.8. The molecule has 0 radical (unpaired) electrons. The topological polar surface area (TPSA) is 75.4 Å². The number of nitrogen functional groups attached to an aromatic ring is 1. The van der Waals surface area contributed by atoms with Gasteiger partial charge in [-0.1, -0.05) is 6.07 Å². The number of aryl methyl sites for hydroxylation is 1. The van der Waals surface area contributed by atoms with Crippen LogP contribution in [0.1, 0.15) is 18.9 Å². The van der Waals surface area contributed by atoms with E-state index in [9.17, 15) is 9.59 Å². The van der Waals surface area contributed by atoms with E-state index in [4.69, 9.17) is 5.73 Å². The number of likely N-dealkylation sites (tertiary alicyclic amines) is 1. The smallest absolute Gasteiger partial charge is 0.229 e. The molecule has 3 N–H and O–H groups in total. The van der Waals surface area contributed by atoms with E-state index in [0.29, 0.717) is 30.9 Å². The highest BCUT2D eigenvalue weighted by Gasteiger charge is 2.33. The van der Waals surface area contributed by atoms with E-state index < -0.39 is 0 Å². The largest absolute Gasteiger partial charge is 0.399 e. The third kappa shape index (κ3) is 3.42. The molecule has 1 aliphatic heterocycles. The number of nitrogens with one attached hydrogen (secondary N) is 1. The molecular formula is C14H20ClN3O2. The second-order valence-corrected chi connectivity index (χ2v) is 4.90. The van der Waals surface area contributed by atoms with Crippen LogP contribution in [0.5, 0.6) is 0 Å². The number of carbonyl (C=O) groups is 2. The van der Waals surface area contributed by atoms with Crippen molar-refractivity contribution < 1.29 is 9.59 Å². The van der Waals surface area contributed by atoms with Crippen molar-refractivity contribution in [1.82, 2.24) is 4.90 Å². The van der Waals surface area contributed by atoms with Crippen molar-refractivity contribution in [1.29, 1.82) is 0 Å². The third-order valence-corrected chi connectivity index (χ3v) is 3.49. The van der Waals surface area contributed by atoms with Crippen molar-refractivity contribution in [2.75, 3.05) is 24.1 Å². The summed E-state index contributed by atoms with van der Waals surface area (Å²) in [5, 5.41) is 2.86. The minimum Gasteiger partial charge on any atom is -0.399 e. The number of hydrogen-bond donors (Lipinski definition) is 2. The van der Waals surface area contributed by atoms with Crippen LogP contribution in [0, 0.1) is 12.8 Å². The molecule has 0 aromatic heterocycles. The van der Waals surface area contributed by atoms with Crippen LogP contribution < -0.4 is 11.1 Å². The van der Waals surface area contributed by atoms with Gasteiger partial charge in [0.2, 0.25) is 11.8 Å². The quantitative estimate of drug-likeness (QED) is 0.836. The van der Waals surface area contributed by atoms with Gasteiger partial charge in [0.25, 0.3) is 0 Å². The maximum Gasteiger partial charge on any atom is 0.229 e. The zero-order valence-corrected chi connectivity index (χ0v) is 12.5. The summed E-state index contributed by atoms with van der Waals surface area (Å²) in [6.07, 6.45) is 0.293.